The van der Waals surface area contributed by atoms with Gasteiger partial charge in [-0.2, -0.15) is 0 Å². The zero-order chi connectivity index (χ0) is 5.86. The van der Waals surface area contributed by atoms with Crippen LogP contribution in [0.4, 0.5) is 4.39 Å². The Morgan fingerprint density at radius 1 is 1.57 bits per heavy atom. The predicted octanol–water partition coefficient (Wildman–Crippen LogP) is 1.49. The van der Waals surface area contributed by atoms with Crippen LogP contribution < -0.4 is 0 Å². The second-order valence-corrected chi connectivity index (χ2v) is 7.98. The number of alkyl halides is 1. The SMILES string of the molecule is CC(C)[CH](F)[Fm][Cm]. The van der Waals surface area contributed by atoms with E-state index < -0.39 is 6.67 Å². The van der Waals surface area contributed by atoms with Gasteiger partial charge < -0.3 is 0 Å². The van der Waals surface area contributed by atoms with Crippen molar-refractivity contribution in [2.75, 3.05) is 0 Å². The van der Waals surface area contributed by atoms with Gasteiger partial charge in [0, 0.05) is 0 Å². The summed E-state index contributed by atoms with van der Waals surface area (Å²) < 4.78 is 12.3. The van der Waals surface area contributed by atoms with Crippen molar-refractivity contribution in [1.82, 2.24) is 0 Å². The molecule has 0 aromatic heterocycles. The van der Waals surface area contributed by atoms with Crippen molar-refractivity contribution in [3.05, 3.63) is 0 Å². The van der Waals surface area contributed by atoms with E-state index in [4.69, 9.17) is 0 Å². The van der Waals surface area contributed by atoms with Gasteiger partial charge in [0.25, 0.3) is 0 Å². The Morgan fingerprint density at radius 3 is 2.00 bits per heavy atom. The normalized spacial score (nSPS) is 14.0. The maximum atomic E-state index is 12.3. The van der Waals surface area contributed by atoms with E-state index in [1.807, 2.05) is 13.8 Å². The fourth-order valence-electron chi connectivity index (χ4n) is 0.0680. The Balaban J connectivity index is 3.14. The summed E-state index contributed by atoms with van der Waals surface area (Å²) in [6, 6.07) is 0. The van der Waals surface area contributed by atoms with Crippen molar-refractivity contribution in [2.24, 2.45) is 5.92 Å². The van der Waals surface area contributed by atoms with E-state index in [1.54, 1.807) is 0 Å². The molecule has 0 aliphatic carbocycles. The molecule has 0 aromatic carbocycles. The molecule has 0 rings (SSSR count). The summed E-state index contributed by atoms with van der Waals surface area (Å²) in [6.45, 7) is 3.45. The molecule has 0 radical (unpaired) electrons. The van der Waals surface area contributed by atoms with E-state index >= 15 is 0 Å². The van der Waals surface area contributed by atoms with Crippen molar-refractivity contribution in [2.45, 2.75) is 20.5 Å². The summed E-state index contributed by atoms with van der Waals surface area (Å²) in [5.41, 5.74) is 0. The molecule has 0 N–H and O–H groups in total. The van der Waals surface area contributed by atoms with Gasteiger partial charge in [-0.1, -0.05) is 0 Å². The zero-order valence-corrected chi connectivity index (χ0v) is 9.52. The number of halogens is 1. The molecule has 0 nitrogen and oxygen atoms in total. The summed E-state index contributed by atoms with van der Waals surface area (Å²) in [6.07, 6.45) is 0. The average molecular weight is 579 g/mol. The number of hydrogen-bond donors (Lipinski definition) is 0. The summed E-state index contributed by atoms with van der Waals surface area (Å²) >= 11 is 1.24. The van der Waals surface area contributed by atoms with Crippen molar-refractivity contribution in [3.8, 4) is 0 Å². The van der Waals surface area contributed by atoms with E-state index in [9.17, 15) is 4.39 Å². The predicted molar refractivity (Wildman–Crippen MR) is 19.7 cm³/mol. The maximum absolute atomic E-state index is 12.3. The molecule has 7 heavy (non-hydrogen) atoms. The first-order valence-electron chi connectivity index (χ1n) is 1.97. The third kappa shape index (κ3) is 0.948. The van der Waals surface area contributed by atoms with Crippen molar-refractivity contribution in [3.63, 3.8) is 0 Å². The van der Waals surface area contributed by atoms with Crippen LogP contribution in [0.2, 0.25) is 0 Å². The van der Waals surface area contributed by atoms with Crippen LogP contribution in [0.25, 0.3) is 0 Å². The summed E-state index contributed by atoms with van der Waals surface area (Å²) in [7, 11) is 0. The molecular weight excluding hydrogens is 571 g/mol. The van der Waals surface area contributed by atoms with Crippen LogP contribution in [-0.2, 0) is 0 Å². The fraction of sp³-hybridized carbons (Fsp3) is 1.00. The second kappa shape index (κ2) is 1.39. The number of rotatable bonds is 2. The molecule has 0 saturated carbocycles. The third-order valence-corrected chi connectivity index (χ3v) is 6.94. The van der Waals surface area contributed by atoms with Gasteiger partial charge in [0.1, 0.15) is 0 Å². The van der Waals surface area contributed by atoms with Crippen molar-refractivity contribution in [1.29, 1.82) is 0 Å². The molecule has 0 aliphatic heterocycles. The molecule has 1 atom stereocenters. The Kier molecular flexibility index (Phi) is 0.978. The van der Waals surface area contributed by atoms with E-state index in [0.717, 1.165) is 0 Å². The molecule has 0 aliphatic rings. The Bertz CT molecular complexity index is 49.0. The van der Waals surface area contributed by atoms with Crippen LogP contribution in [-0.4, -0.2) is 6.67 Å². The average Bonchev–Trinajstić information content (AvgIpc) is 1.65. The second-order valence-electron chi connectivity index (χ2n) is 1.59. The molecule has 0 amide bonds. The molecule has 0 bridgehead atoms. The first-order chi connectivity index (χ1) is 3.18. The van der Waals surface area contributed by atoms with Gasteiger partial charge in [0.2, 0.25) is 0 Å². The monoisotopic (exact) mass is 575 g/mol. The Morgan fingerprint density at radius 2 is 2.00 bits per heavy atom. The standard InChI is InChI=1S/C4H8F.Cm.Fm/c1-4(2)3-5;;/h3-4H,1-2H3;;. The van der Waals surface area contributed by atoms with Gasteiger partial charge in [-0.3, -0.25) is 0 Å². The fourth-order valence-corrected chi connectivity index (χ4v) is 5.92. The van der Waals surface area contributed by atoms with Crippen LogP contribution in [0.1, 0.15) is 13.8 Å². The van der Waals surface area contributed by atoms with Crippen LogP contribution >= 0.6 is 0 Å². The third-order valence-electron chi connectivity index (χ3n) is 0.501. The van der Waals surface area contributed by atoms with E-state index in [0.29, 0.717) is 0 Å². The molecule has 0 saturated heterocycles. The minimum absolute atomic E-state index is 0.205. The van der Waals surface area contributed by atoms with Crippen LogP contribution in [0.3, 0.4) is 0 Å². The molecular formula is C4H8CmFFm. The molecule has 0 heterocycles. The van der Waals surface area contributed by atoms with Gasteiger partial charge in [-0.25, -0.2) is 0 Å². The quantitative estimate of drug-likeness (QED) is 0.466. The van der Waals surface area contributed by atoms with Gasteiger partial charge in [0.05, 0.1) is 0 Å². The summed E-state index contributed by atoms with van der Waals surface area (Å²) in [5, 5.41) is 0. The summed E-state index contributed by atoms with van der Waals surface area (Å²) in [5.74, 6) is 0.277. The number of hydrogen-bond acceptors (Lipinski definition) is 0. The van der Waals surface area contributed by atoms with Crippen molar-refractivity contribution >= 4 is 0 Å². The minimum atomic E-state index is -0.431. The van der Waals surface area contributed by atoms with Crippen LogP contribution in [0.15, 0.2) is 0 Å². The topological polar surface area (TPSA) is 0 Å². The van der Waals surface area contributed by atoms with Crippen LogP contribution in [0.5, 0.6) is 0 Å². The molecule has 0 fully saturated rings. The van der Waals surface area contributed by atoms with Gasteiger partial charge in [-0.05, 0) is 0 Å². The molecule has 3 heteroatoms. The molecule has 51 valence electrons. The summed E-state index contributed by atoms with van der Waals surface area (Å²) in [4.78, 5) is 0. The zero-order valence-electron chi connectivity index (χ0n) is 4.17. The van der Waals surface area contributed by atoms with E-state index in [2.05, 4.69) is 0 Å². The Hall–Kier alpha value is -2.07. The first-order valence-corrected chi connectivity index (χ1v) is 12.1. The molecule has 0 aromatic rings. The first kappa shape index (κ1) is 4.93. The van der Waals surface area contributed by atoms with Gasteiger partial charge in [-0.15, -0.1) is 0 Å². The molecule has 1 unspecified atom stereocenters. The molecule has 0 spiro atoms. The van der Waals surface area contributed by atoms with Gasteiger partial charge in [0.15, 0.2) is 0 Å².